The van der Waals surface area contributed by atoms with Crippen molar-refractivity contribution in [2.24, 2.45) is 0 Å². The van der Waals surface area contributed by atoms with Crippen LogP contribution in [0.2, 0.25) is 0 Å². The first-order valence-corrected chi connectivity index (χ1v) is 4.16. The summed E-state index contributed by atoms with van der Waals surface area (Å²) in [4.78, 5) is 9.52. The summed E-state index contributed by atoms with van der Waals surface area (Å²) in [7, 11) is 0. The molecule has 0 aliphatic heterocycles. The smallest absolute Gasteiger partial charge is 0.269 e. The third-order valence-electron chi connectivity index (χ3n) is 1.28. The highest BCUT2D eigenvalue weighted by Crippen LogP contribution is 2.14. The van der Waals surface area contributed by atoms with Crippen LogP contribution in [0.15, 0.2) is 24.3 Å². The fourth-order valence-corrected chi connectivity index (χ4v) is 0.574. The molecule has 5 nitrogen and oxygen atoms in total. The van der Waals surface area contributed by atoms with Crippen molar-refractivity contribution in [2.75, 3.05) is 6.61 Å². The molecule has 0 heterocycles. The van der Waals surface area contributed by atoms with Gasteiger partial charge in [-0.3, -0.25) is 10.1 Å². The predicted octanol–water partition coefficient (Wildman–Crippen LogP) is 1.69. The summed E-state index contributed by atoms with van der Waals surface area (Å²) in [6.07, 6.45) is 0.875. The molecule has 0 saturated heterocycles. The van der Waals surface area contributed by atoms with Crippen LogP contribution in [0.3, 0.4) is 0 Å². The fraction of sp³-hybridized carbons (Fsp3) is 0.333. The Balaban J connectivity index is 0.000000364. The van der Waals surface area contributed by atoms with Gasteiger partial charge in [0, 0.05) is 18.7 Å². The van der Waals surface area contributed by atoms with Gasteiger partial charge in [-0.1, -0.05) is 6.92 Å². The fourth-order valence-electron chi connectivity index (χ4n) is 0.574. The standard InChI is InChI=1S/C6H5NO3.C3H8O/c8-6-3-1-5(2-4-6)7(9)10;1-2-3-4/h1-4,8H;4H,2-3H2,1H3. The molecule has 1 aromatic carbocycles. The van der Waals surface area contributed by atoms with E-state index in [1.807, 2.05) is 6.92 Å². The van der Waals surface area contributed by atoms with Crippen LogP contribution in [0, 0.1) is 10.1 Å². The third kappa shape index (κ3) is 5.10. The van der Waals surface area contributed by atoms with Crippen molar-refractivity contribution >= 4 is 5.69 Å². The first-order valence-electron chi connectivity index (χ1n) is 4.16. The van der Waals surface area contributed by atoms with Crippen molar-refractivity contribution in [1.82, 2.24) is 0 Å². The van der Waals surface area contributed by atoms with Gasteiger partial charge in [0.05, 0.1) is 4.92 Å². The zero-order chi connectivity index (χ0) is 11.0. The van der Waals surface area contributed by atoms with E-state index in [1.165, 1.54) is 24.3 Å². The number of non-ortho nitro benzene ring substituents is 1. The topological polar surface area (TPSA) is 83.6 Å². The first kappa shape index (κ1) is 12.4. The van der Waals surface area contributed by atoms with Gasteiger partial charge in [-0.25, -0.2) is 0 Å². The SMILES string of the molecule is CCCO.O=[N+]([O-])c1ccc(O)cc1. The number of aromatic hydroxyl groups is 1. The average molecular weight is 199 g/mol. The number of nitro groups is 1. The van der Waals surface area contributed by atoms with E-state index in [0.29, 0.717) is 6.61 Å². The molecular weight excluding hydrogens is 186 g/mol. The number of hydrogen-bond donors (Lipinski definition) is 2. The summed E-state index contributed by atoms with van der Waals surface area (Å²) in [6.45, 7) is 2.25. The van der Waals surface area contributed by atoms with Gasteiger partial charge in [-0.15, -0.1) is 0 Å². The molecule has 0 aliphatic rings. The number of phenols is 1. The van der Waals surface area contributed by atoms with Crippen molar-refractivity contribution in [3.63, 3.8) is 0 Å². The Morgan fingerprint density at radius 1 is 1.36 bits per heavy atom. The van der Waals surface area contributed by atoms with Crippen LogP contribution in [0.1, 0.15) is 13.3 Å². The van der Waals surface area contributed by atoms with E-state index in [1.54, 1.807) is 0 Å². The normalized spacial score (nSPS) is 8.71. The number of benzene rings is 1. The number of hydrogen-bond acceptors (Lipinski definition) is 4. The van der Waals surface area contributed by atoms with Crippen molar-refractivity contribution < 1.29 is 15.1 Å². The molecule has 78 valence electrons. The van der Waals surface area contributed by atoms with Crippen LogP contribution >= 0.6 is 0 Å². The maximum Gasteiger partial charge on any atom is 0.269 e. The van der Waals surface area contributed by atoms with Gasteiger partial charge in [0.1, 0.15) is 5.75 Å². The Kier molecular flexibility index (Phi) is 6.06. The number of nitrogens with zero attached hydrogens (tertiary/aromatic N) is 1. The molecule has 1 rings (SSSR count). The largest absolute Gasteiger partial charge is 0.508 e. The maximum absolute atomic E-state index is 10.0. The van der Waals surface area contributed by atoms with Crippen LogP contribution in [-0.2, 0) is 0 Å². The lowest BCUT2D eigenvalue weighted by atomic mass is 10.3. The quantitative estimate of drug-likeness (QED) is 0.560. The van der Waals surface area contributed by atoms with E-state index in [9.17, 15) is 10.1 Å². The molecule has 0 amide bonds. The second-order valence-corrected chi connectivity index (χ2v) is 2.50. The average Bonchev–Trinajstić information content (AvgIpc) is 2.19. The monoisotopic (exact) mass is 199 g/mol. The zero-order valence-corrected chi connectivity index (χ0v) is 7.88. The Hall–Kier alpha value is -1.62. The molecule has 5 heteroatoms. The first-order chi connectivity index (χ1) is 6.61. The van der Waals surface area contributed by atoms with E-state index in [4.69, 9.17) is 10.2 Å². The lowest BCUT2D eigenvalue weighted by molar-refractivity contribution is -0.384. The molecule has 0 atom stereocenters. The lowest BCUT2D eigenvalue weighted by Crippen LogP contribution is -1.85. The molecule has 2 N–H and O–H groups in total. The Labute approximate surface area is 81.8 Å². The molecule has 0 fully saturated rings. The molecule has 0 aliphatic carbocycles. The van der Waals surface area contributed by atoms with Crippen LogP contribution < -0.4 is 0 Å². The van der Waals surface area contributed by atoms with E-state index < -0.39 is 4.92 Å². The molecule has 0 spiro atoms. The highest BCUT2D eigenvalue weighted by atomic mass is 16.6. The Morgan fingerprint density at radius 2 is 1.79 bits per heavy atom. The molecule has 0 radical (unpaired) electrons. The third-order valence-corrected chi connectivity index (χ3v) is 1.28. The van der Waals surface area contributed by atoms with Crippen molar-refractivity contribution in [3.05, 3.63) is 34.4 Å². The Bertz CT molecular complexity index is 269. The van der Waals surface area contributed by atoms with E-state index in [0.717, 1.165) is 6.42 Å². The van der Waals surface area contributed by atoms with Gasteiger partial charge in [0.15, 0.2) is 0 Å². The van der Waals surface area contributed by atoms with Crippen LogP contribution in [0.25, 0.3) is 0 Å². The van der Waals surface area contributed by atoms with Crippen LogP contribution in [-0.4, -0.2) is 21.7 Å². The second kappa shape index (κ2) is 6.85. The molecule has 14 heavy (non-hydrogen) atoms. The lowest BCUT2D eigenvalue weighted by Gasteiger charge is -1.89. The van der Waals surface area contributed by atoms with Gasteiger partial charge in [0.2, 0.25) is 0 Å². The molecule has 0 unspecified atom stereocenters. The second-order valence-electron chi connectivity index (χ2n) is 2.50. The summed E-state index contributed by atoms with van der Waals surface area (Å²) >= 11 is 0. The minimum atomic E-state index is -0.514. The van der Waals surface area contributed by atoms with Crippen LogP contribution in [0.4, 0.5) is 5.69 Å². The number of aliphatic hydroxyl groups excluding tert-OH is 1. The van der Waals surface area contributed by atoms with E-state index in [-0.39, 0.29) is 11.4 Å². The van der Waals surface area contributed by atoms with Gasteiger partial charge in [-0.05, 0) is 18.6 Å². The van der Waals surface area contributed by atoms with Crippen molar-refractivity contribution in [2.45, 2.75) is 13.3 Å². The van der Waals surface area contributed by atoms with Gasteiger partial charge in [-0.2, -0.15) is 0 Å². The minimum absolute atomic E-state index is 0.0159. The van der Waals surface area contributed by atoms with Crippen molar-refractivity contribution in [1.29, 1.82) is 0 Å². The maximum atomic E-state index is 10.0. The van der Waals surface area contributed by atoms with Crippen molar-refractivity contribution in [3.8, 4) is 5.75 Å². The molecule has 0 aromatic heterocycles. The molecular formula is C9H13NO4. The highest BCUT2D eigenvalue weighted by molar-refractivity contribution is 5.34. The van der Waals surface area contributed by atoms with E-state index >= 15 is 0 Å². The van der Waals surface area contributed by atoms with Gasteiger partial charge in [0.25, 0.3) is 5.69 Å². The number of rotatable bonds is 2. The van der Waals surface area contributed by atoms with E-state index in [2.05, 4.69) is 0 Å². The summed E-state index contributed by atoms with van der Waals surface area (Å²) in [5, 5.41) is 26.6. The summed E-state index contributed by atoms with van der Waals surface area (Å²) in [6, 6.07) is 5.04. The zero-order valence-electron chi connectivity index (χ0n) is 7.88. The molecule has 0 bridgehead atoms. The molecule has 1 aromatic rings. The van der Waals surface area contributed by atoms with Gasteiger partial charge >= 0.3 is 0 Å². The van der Waals surface area contributed by atoms with Gasteiger partial charge < -0.3 is 10.2 Å². The number of phenolic OH excluding ortho intramolecular Hbond substituents is 1. The highest BCUT2D eigenvalue weighted by Gasteiger charge is 2.01. The number of aliphatic hydroxyl groups is 1. The Morgan fingerprint density at radius 3 is 2.07 bits per heavy atom. The minimum Gasteiger partial charge on any atom is -0.508 e. The summed E-state index contributed by atoms with van der Waals surface area (Å²) in [5.74, 6) is 0.0330. The van der Waals surface area contributed by atoms with Crippen LogP contribution in [0.5, 0.6) is 5.75 Å². The summed E-state index contributed by atoms with van der Waals surface area (Å²) in [5.41, 5.74) is -0.0159. The number of nitro benzene ring substituents is 1. The molecule has 0 saturated carbocycles. The predicted molar refractivity (Wildman–Crippen MR) is 52.1 cm³/mol. The summed E-state index contributed by atoms with van der Waals surface area (Å²) < 4.78 is 0.